The largest absolute Gasteiger partial charge is 0.458 e. The third-order valence-corrected chi connectivity index (χ3v) is 4.29. The monoisotopic (exact) mass is 285 g/mol. The molecule has 110 valence electrons. The van der Waals surface area contributed by atoms with Crippen LogP contribution in [0.4, 0.5) is 0 Å². The maximum absolute atomic E-state index is 12.1. The smallest absolute Gasteiger partial charge is 0.338 e. The molecule has 21 heavy (non-hydrogen) atoms. The molecule has 1 amide bonds. The van der Waals surface area contributed by atoms with Crippen molar-refractivity contribution in [1.82, 2.24) is 4.90 Å². The minimum absolute atomic E-state index is 0.0712. The second kappa shape index (κ2) is 5.72. The zero-order valence-corrected chi connectivity index (χ0v) is 12.2. The van der Waals surface area contributed by atoms with Gasteiger partial charge in [-0.2, -0.15) is 0 Å². The van der Waals surface area contributed by atoms with Gasteiger partial charge in [-0.25, -0.2) is 4.79 Å². The van der Waals surface area contributed by atoms with Gasteiger partial charge in [0, 0.05) is 25.6 Å². The van der Waals surface area contributed by atoms with Crippen LogP contribution < -0.4 is 0 Å². The van der Waals surface area contributed by atoms with Crippen molar-refractivity contribution in [1.29, 1.82) is 0 Å². The van der Waals surface area contributed by atoms with Crippen molar-refractivity contribution < 1.29 is 14.3 Å². The fourth-order valence-electron chi connectivity index (χ4n) is 3.09. The van der Waals surface area contributed by atoms with Crippen molar-refractivity contribution in [2.24, 2.45) is 0 Å². The molecular formula is C17H19NO3. The number of allylic oxidation sites excluding steroid dienone is 1. The lowest BCUT2D eigenvalue weighted by atomic mass is 9.87. The van der Waals surface area contributed by atoms with Gasteiger partial charge in [-0.05, 0) is 37.0 Å². The number of amides is 1. The van der Waals surface area contributed by atoms with E-state index in [2.05, 4.69) is 0 Å². The summed E-state index contributed by atoms with van der Waals surface area (Å²) in [6.45, 7) is 0. The number of hydrogen-bond donors (Lipinski definition) is 0. The van der Waals surface area contributed by atoms with Crippen molar-refractivity contribution in [2.45, 2.75) is 38.2 Å². The summed E-state index contributed by atoms with van der Waals surface area (Å²) in [5, 5.41) is 0. The van der Waals surface area contributed by atoms with E-state index in [1.165, 1.54) is 5.57 Å². The Bertz CT molecular complexity index is 591. The average Bonchev–Trinajstić information content (AvgIpc) is 2.52. The summed E-state index contributed by atoms with van der Waals surface area (Å²) < 4.78 is 5.61. The van der Waals surface area contributed by atoms with E-state index in [0.717, 1.165) is 31.4 Å². The predicted octanol–water partition coefficient (Wildman–Crippen LogP) is 2.90. The van der Waals surface area contributed by atoms with Crippen LogP contribution in [-0.4, -0.2) is 29.9 Å². The summed E-state index contributed by atoms with van der Waals surface area (Å²) >= 11 is 0. The molecule has 0 bridgehead atoms. The van der Waals surface area contributed by atoms with Gasteiger partial charge in [-0.15, -0.1) is 0 Å². The summed E-state index contributed by atoms with van der Waals surface area (Å²) in [6, 6.07) is 9.08. The van der Waals surface area contributed by atoms with Crippen LogP contribution >= 0.6 is 0 Å². The highest BCUT2D eigenvalue weighted by atomic mass is 16.5. The molecule has 0 unspecified atom stereocenters. The number of hydrogen-bond acceptors (Lipinski definition) is 3. The highest BCUT2D eigenvalue weighted by Crippen LogP contribution is 2.35. The molecule has 0 N–H and O–H groups in total. The first-order valence-corrected chi connectivity index (χ1v) is 7.38. The molecule has 1 aliphatic carbocycles. The van der Waals surface area contributed by atoms with Gasteiger partial charge in [0.2, 0.25) is 5.91 Å². The Kier molecular flexibility index (Phi) is 3.78. The average molecular weight is 285 g/mol. The molecule has 1 heterocycles. The van der Waals surface area contributed by atoms with Gasteiger partial charge in [-0.3, -0.25) is 4.79 Å². The lowest BCUT2D eigenvalue weighted by Gasteiger charge is -2.35. The minimum atomic E-state index is -0.259. The van der Waals surface area contributed by atoms with Crippen LogP contribution in [0.5, 0.6) is 0 Å². The number of nitrogens with zero attached hydrogens (tertiary/aromatic N) is 1. The van der Waals surface area contributed by atoms with E-state index in [1.807, 2.05) is 25.2 Å². The van der Waals surface area contributed by atoms with Crippen molar-refractivity contribution >= 4 is 11.9 Å². The van der Waals surface area contributed by atoms with Gasteiger partial charge < -0.3 is 9.64 Å². The molecule has 2 aliphatic rings. The molecule has 0 spiro atoms. The summed E-state index contributed by atoms with van der Waals surface area (Å²) in [5.74, 6) is -0.0710. The molecule has 0 fully saturated rings. The van der Waals surface area contributed by atoms with Crippen molar-refractivity contribution in [2.75, 3.05) is 7.05 Å². The quantitative estimate of drug-likeness (QED) is 0.785. The second-order valence-electron chi connectivity index (χ2n) is 5.64. The van der Waals surface area contributed by atoms with E-state index in [9.17, 15) is 9.59 Å². The highest BCUT2D eigenvalue weighted by Gasteiger charge is 2.30. The number of esters is 1. The van der Waals surface area contributed by atoms with Gasteiger partial charge in [0.25, 0.3) is 0 Å². The molecule has 0 saturated heterocycles. The van der Waals surface area contributed by atoms with Crippen LogP contribution in [0.15, 0.2) is 41.6 Å². The van der Waals surface area contributed by atoms with Gasteiger partial charge in [-0.1, -0.05) is 18.2 Å². The van der Waals surface area contributed by atoms with Gasteiger partial charge in [0.15, 0.2) is 0 Å². The molecule has 4 heteroatoms. The van der Waals surface area contributed by atoms with Crippen LogP contribution in [0.1, 0.15) is 42.5 Å². The molecule has 1 aromatic carbocycles. The van der Waals surface area contributed by atoms with E-state index in [1.54, 1.807) is 17.0 Å². The van der Waals surface area contributed by atoms with Crippen LogP contribution in [-0.2, 0) is 9.53 Å². The Hall–Kier alpha value is -2.10. The van der Waals surface area contributed by atoms with E-state index in [-0.39, 0.29) is 18.0 Å². The molecule has 1 aliphatic heterocycles. The van der Waals surface area contributed by atoms with Crippen molar-refractivity contribution in [3.63, 3.8) is 0 Å². The number of benzene rings is 1. The van der Waals surface area contributed by atoms with Gasteiger partial charge in [0.1, 0.15) is 6.10 Å². The van der Waals surface area contributed by atoms with Crippen LogP contribution in [0, 0.1) is 0 Å². The zero-order chi connectivity index (χ0) is 14.8. The van der Waals surface area contributed by atoms with Crippen molar-refractivity contribution in [3.05, 3.63) is 47.2 Å². The lowest BCUT2D eigenvalue weighted by molar-refractivity contribution is -0.129. The molecule has 4 nitrogen and oxygen atoms in total. The first-order chi connectivity index (χ1) is 10.1. The fraction of sp³-hybridized carbons (Fsp3) is 0.412. The van der Waals surface area contributed by atoms with Crippen LogP contribution in [0.2, 0.25) is 0 Å². The summed E-state index contributed by atoms with van der Waals surface area (Å²) in [4.78, 5) is 25.6. The zero-order valence-electron chi connectivity index (χ0n) is 12.2. The standard InChI is InChI=1S/C17H19NO3/c1-18-15-9-8-14(11-13(15)7-10-16(18)19)21-17(20)12-5-3-2-4-6-12/h2-6,14H,7-11H2,1H3/t14-/m0/s1. The first kappa shape index (κ1) is 13.9. The Morgan fingerprint density at radius 3 is 2.71 bits per heavy atom. The minimum Gasteiger partial charge on any atom is -0.458 e. The lowest BCUT2D eigenvalue weighted by Crippen LogP contribution is -2.35. The number of rotatable bonds is 2. The third kappa shape index (κ3) is 2.84. The maximum atomic E-state index is 12.1. The van der Waals surface area contributed by atoms with Crippen molar-refractivity contribution in [3.8, 4) is 0 Å². The molecule has 1 atom stereocenters. The molecule has 3 rings (SSSR count). The Labute approximate surface area is 124 Å². The summed E-state index contributed by atoms with van der Waals surface area (Å²) in [6.07, 6.45) is 3.65. The Balaban J connectivity index is 1.67. The SMILES string of the molecule is CN1C(=O)CCC2=C1CC[C@H](OC(=O)c1ccccc1)C2. The predicted molar refractivity (Wildman–Crippen MR) is 78.5 cm³/mol. The Morgan fingerprint density at radius 2 is 1.95 bits per heavy atom. The van der Waals surface area contributed by atoms with E-state index < -0.39 is 0 Å². The topological polar surface area (TPSA) is 46.6 Å². The molecule has 0 saturated carbocycles. The Morgan fingerprint density at radius 1 is 1.19 bits per heavy atom. The third-order valence-electron chi connectivity index (χ3n) is 4.29. The first-order valence-electron chi connectivity index (χ1n) is 7.38. The number of carbonyl (C=O) groups excluding carboxylic acids is 2. The van der Waals surface area contributed by atoms with Crippen LogP contribution in [0.25, 0.3) is 0 Å². The summed E-state index contributed by atoms with van der Waals surface area (Å²) in [7, 11) is 1.84. The van der Waals surface area contributed by atoms with E-state index in [4.69, 9.17) is 4.74 Å². The molecule has 0 aromatic heterocycles. The van der Waals surface area contributed by atoms with Crippen LogP contribution in [0.3, 0.4) is 0 Å². The van der Waals surface area contributed by atoms with Gasteiger partial charge in [0.05, 0.1) is 5.56 Å². The number of ether oxygens (including phenoxy) is 1. The van der Waals surface area contributed by atoms with E-state index >= 15 is 0 Å². The highest BCUT2D eigenvalue weighted by molar-refractivity contribution is 5.89. The molecular weight excluding hydrogens is 266 g/mol. The number of carbonyl (C=O) groups is 2. The summed E-state index contributed by atoms with van der Waals surface area (Å²) in [5.41, 5.74) is 3.00. The fourth-order valence-corrected chi connectivity index (χ4v) is 3.09. The molecule has 1 aromatic rings. The molecule has 0 radical (unpaired) electrons. The normalized spacial score (nSPS) is 22.0. The van der Waals surface area contributed by atoms with E-state index in [0.29, 0.717) is 12.0 Å². The maximum Gasteiger partial charge on any atom is 0.338 e. The van der Waals surface area contributed by atoms with Gasteiger partial charge >= 0.3 is 5.97 Å². The second-order valence-corrected chi connectivity index (χ2v) is 5.64.